The van der Waals surface area contributed by atoms with E-state index in [-0.39, 0.29) is 5.69 Å². The Morgan fingerprint density at radius 2 is 1.93 bits per heavy atom. The summed E-state index contributed by atoms with van der Waals surface area (Å²) in [7, 11) is 0. The second-order valence-electron chi connectivity index (χ2n) is 5.62. The Balaban J connectivity index is 1.97. The van der Waals surface area contributed by atoms with Crippen molar-refractivity contribution in [2.24, 2.45) is 0 Å². The van der Waals surface area contributed by atoms with Crippen molar-refractivity contribution >= 4 is 22.4 Å². The highest BCUT2D eigenvalue weighted by atomic mass is 32.2. The molecule has 1 heterocycles. The highest BCUT2D eigenvalue weighted by Crippen LogP contribution is 2.35. The fraction of sp³-hybridized carbons (Fsp3) is 0.0500. The third-order valence-corrected chi connectivity index (χ3v) is 4.88. The number of nitro benzene ring substituents is 1. The van der Waals surface area contributed by atoms with E-state index in [2.05, 4.69) is 16.8 Å². The van der Waals surface area contributed by atoms with Gasteiger partial charge in [0.15, 0.2) is 11.0 Å². The van der Waals surface area contributed by atoms with Crippen LogP contribution >= 0.6 is 11.8 Å². The van der Waals surface area contributed by atoms with Crippen molar-refractivity contribution in [2.45, 2.75) is 11.7 Å². The van der Waals surface area contributed by atoms with Crippen LogP contribution < -0.4 is 0 Å². The standard InChI is InChI=1S/C20H15N5O2S/c1-2-14-24-19(16-6-4-3-5-7-16)22-23-20(24)28-18(12-13-21)15-8-10-17(11-9-15)25(26)27/h2-12H,1,14H2/b18-12+. The van der Waals surface area contributed by atoms with E-state index in [1.807, 2.05) is 41.0 Å². The average molecular weight is 389 g/mol. The van der Waals surface area contributed by atoms with Gasteiger partial charge >= 0.3 is 0 Å². The SMILES string of the molecule is C=CCn1c(S/C(=C/C#N)c2ccc([N+](=O)[O-])cc2)nnc1-c1ccccc1. The fourth-order valence-corrected chi connectivity index (χ4v) is 3.45. The maximum Gasteiger partial charge on any atom is 0.269 e. The monoisotopic (exact) mass is 389 g/mol. The highest BCUT2D eigenvalue weighted by molar-refractivity contribution is 8.08. The van der Waals surface area contributed by atoms with Crippen molar-refractivity contribution in [3.8, 4) is 17.5 Å². The molecule has 0 unspecified atom stereocenters. The van der Waals surface area contributed by atoms with Crippen LogP contribution in [0.1, 0.15) is 5.56 Å². The van der Waals surface area contributed by atoms with Gasteiger partial charge in [0, 0.05) is 35.2 Å². The zero-order valence-electron chi connectivity index (χ0n) is 14.7. The minimum absolute atomic E-state index is 0.00811. The van der Waals surface area contributed by atoms with Gasteiger partial charge in [0.05, 0.1) is 11.0 Å². The summed E-state index contributed by atoms with van der Waals surface area (Å²) in [5.41, 5.74) is 1.60. The molecule has 0 aliphatic carbocycles. The molecule has 0 saturated heterocycles. The van der Waals surface area contributed by atoms with Gasteiger partial charge in [0.1, 0.15) is 0 Å². The van der Waals surface area contributed by atoms with Gasteiger partial charge in [-0.2, -0.15) is 5.26 Å². The molecular weight excluding hydrogens is 374 g/mol. The van der Waals surface area contributed by atoms with Crippen LogP contribution in [-0.4, -0.2) is 19.7 Å². The first-order valence-electron chi connectivity index (χ1n) is 8.26. The molecule has 0 fully saturated rings. The summed E-state index contributed by atoms with van der Waals surface area (Å²) in [5.74, 6) is 0.697. The third kappa shape index (κ3) is 4.16. The number of nitriles is 1. The zero-order chi connectivity index (χ0) is 19.9. The van der Waals surface area contributed by atoms with Gasteiger partial charge in [-0.25, -0.2) is 0 Å². The van der Waals surface area contributed by atoms with Crippen molar-refractivity contribution in [1.82, 2.24) is 14.8 Å². The van der Waals surface area contributed by atoms with Crippen LogP contribution in [0.2, 0.25) is 0 Å². The molecule has 1 aromatic heterocycles. The Morgan fingerprint density at radius 1 is 1.21 bits per heavy atom. The Labute approximate surface area is 165 Å². The van der Waals surface area contributed by atoms with E-state index in [0.29, 0.717) is 28.0 Å². The number of benzene rings is 2. The molecule has 0 saturated carbocycles. The highest BCUT2D eigenvalue weighted by Gasteiger charge is 2.16. The predicted octanol–water partition coefficient (Wildman–Crippen LogP) is 4.70. The first-order chi connectivity index (χ1) is 13.6. The van der Waals surface area contributed by atoms with Crippen molar-refractivity contribution in [3.05, 3.63) is 89.0 Å². The zero-order valence-corrected chi connectivity index (χ0v) is 15.5. The van der Waals surface area contributed by atoms with E-state index in [9.17, 15) is 10.1 Å². The number of hydrogen-bond acceptors (Lipinski definition) is 6. The van der Waals surface area contributed by atoms with Crippen molar-refractivity contribution < 1.29 is 4.92 Å². The van der Waals surface area contributed by atoms with Gasteiger partial charge in [0.2, 0.25) is 0 Å². The minimum Gasteiger partial charge on any atom is -0.298 e. The van der Waals surface area contributed by atoms with Crippen molar-refractivity contribution in [2.75, 3.05) is 0 Å². The lowest BCUT2D eigenvalue weighted by atomic mass is 10.2. The van der Waals surface area contributed by atoms with Gasteiger partial charge in [-0.1, -0.05) is 36.4 Å². The molecular formula is C20H15N5O2S. The van der Waals surface area contributed by atoms with Gasteiger partial charge < -0.3 is 0 Å². The molecule has 7 nitrogen and oxygen atoms in total. The molecule has 28 heavy (non-hydrogen) atoms. The van der Waals surface area contributed by atoms with Gasteiger partial charge in [-0.3, -0.25) is 14.7 Å². The van der Waals surface area contributed by atoms with Crippen LogP contribution in [0, 0.1) is 21.4 Å². The summed E-state index contributed by atoms with van der Waals surface area (Å²) in [4.78, 5) is 11.0. The first-order valence-corrected chi connectivity index (χ1v) is 9.07. The van der Waals surface area contributed by atoms with E-state index >= 15 is 0 Å². The normalized spacial score (nSPS) is 11.0. The molecule has 0 aliphatic heterocycles. The van der Waals surface area contributed by atoms with Gasteiger partial charge in [0.25, 0.3) is 5.69 Å². The number of thioether (sulfide) groups is 1. The van der Waals surface area contributed by atoms with Crippen LogP contribution in [-0.2, 0) is 6.54 Å². The second kappa shape index (κ2) is 8.79. The Bertz CT molecular complexity index is 1070. The van der Waals surface area contributed by atoms with Crippen molar-refractivity contribution in [3.63, 3.8) is 0 Å². The molecule has 0 radical (unpaired) electrons. The molecule has 0 N–H and O–H groups in total. The number of allylic oxidation sites excluding steroid dienone is 2. The lowest BCUT2D eigenvalue weighted by Crippen LogP contribution is -2.00. The summed E-state index contributed by atoms with van der Waals surface area (Å²) in [6.45, 7) is 4.29. The molecule has 8 heteroatoms. The van der Waals surface area contributed by atoms with Crippen LogP contribution in [0.4, 0.5) is 5.69 Å². The summed E-state index contributed by atoms with van der Waals surface area (Å²) < 4.78 is 1.91. The number of rotatable bonds is 7. The number of aromatic nitrogens is 3. The molecule has 138 valence electrons. The molecule has 0 atom stereocenters. The average Bonchev–Trinajstić information content (AvgIpc) is 3.11. The molecule has 3 rings (SSSR count). The van der Waals surface area contributed by atoms with Gasteiger partial charge in [-0.05, 0) is 29.5 Å². The maximum absolute atomic E-state index is 10.9. The van der Waals surface area contributed by atoms with Crippen LogP contribution in [0.3, 0.4) is 0 Å². The van der Waals surface area contributed by atoms with E-state index in [1.54, 1.807) is 18.2 Å². The number of non-ortho nitro benzene ring substituents is 1. The summed E-state index contributed by atoms with van der Waals surface area (Å²) in [6.07, 6.45) is 3.14. The van der Waals surface area contributed by atoms with E-state index in [1.165, 1.54) is 30.0 Å². The third-order valence-electron chi connectivity index (χ3n) is 3.82. The lowest BCUT2D eigenvalue weighted by Gasteiger charge is -2.09. The molecule has 0 aliphatic rings. The first kappa shape index (κ1) is 19.1. The fourth-order valence-electron chi connectivity index (χ4n) is 2.53. The topological polar surface area (TPSA) is 97.6 Å². The Morgan fingerprint density at radius 3 is 2.54 bits per heavy atom. The largest absolute Gasteiger partial charge is 0.298 e. The van der Waals surface area contributed by atoms with Crippen LogP contribution in [0.25, 0.3) is 16.3 Å². The summed E-state index contributed by atoms with van der Waals surface area (Å²) >= 11 is 1.27. The lowest BCUT2D eigenvalue weighted by molar-refractivity contribution is -0.384. The van der Waals surface area contributed by atoms with E-state index < -0.39 is 4.92 Å². The number of hydrogen-bond donors (Lipinski definition) is 0. The Hall–Kier alpha value is -3.70. The molecule has 0 spiro atoms. The number of nitro groups is 1. The quantitative estimate of drug-likeness (QED) is 0.191. The second-order valence-corrected chi connectivity index (χ2v) is 6.62. The molecule has 0 amide bonds. The predicted molar refractivity (Wildman–Crippen MR) is 108 cm³/mol. The smallest absolute Gasteiger partial charge is 0.269 e. The van der Waals surface area contributed by atoms with E-state index in [4.69, 9.17) is 5.26 Å². The minimum atomic E-state index is -0.461. The van der Waals surface area contributed by atoms with Crippen molar-refractivity contribution in [1.29, 1.82) is 5.26 Å². The Kier molecular flexibility index (Phi) is 5.99. The molecule has 3 aromatic rings. The van der Waals surface area contributed by atoms with Crippen LogP contribution in [0.5, 0.6) is 0 Å². The molecule has 2 aromatic carbocycles. The maximum atomic E-state index is 10.9. The van der Waals surface area contributed by atoms with Gasteiger partial charge in [-0.15, -0.1) is 16.8 Å². The summed E-state index contributed by atoms with van der Waals surface area (Å²) in [6, 6.07) is 17.7. The molecule has 0 bridgehead atoms. The number of nitrogens with zero attached hydrogens (tertiary/aromatic N) is 5. The van der Waals surface area contributed by atoms with Crippen LogP contribution in [0.15, 0.2) is 78.5 Å². The summed E-state index contributed by atoms with van der Waals surface area (Å²) in [5, 5.41) is 29.2. The van der Waals surface area contributed by atoms with E-state index in [0.717, 1.165) is 5.56 Å².